The standard InChI is InChI=1S/C9H12ClN3O3/c1-6(14)4-5-11-9-7(13(15)16)2-3-8(10)12-9/h2-3,6,14H,4-5H2,1H3,(H,11,12). The molecule has 6 nitrogen and oxygen atoms in total. The Kier molecular flexibility index (Phi) is 4.45. The zero-order valence-corrected chi connectivity index (χ0v) is 9.44. The minimum atomic E-state index is -0.534. The third-order valence-electron chi connectivity index (χ3n) is 1.89. The number of rotatable bonds is 5. The van der Waals surface area contributed by atoms with Gasteiger partial charge in [0.2, 0.25) is 5.82 Å². The van der Waals surface area contributed by atoms with Crippen molar-refractivity contribution in [2.75, 3.05) is 11.9 Å². The van der Waals surface area contributed by atoms with Gasteiger partial charge in [-0.15, -0.1) is 0 Å². The van der Waals surface area contributed by atoms with Gasteiger partial charge < -0.3 is 10.4 Å². The topological polar surface area (TPSA) is 88.3 Å². The highest BCUT2D eigenvalue weighted by Crippen LogP contribution is 2.23. The molecule has 1 unspecified atom stereocenters. The first-order chi connectivity index (χ1) is 7.50. The Labute approximate surface area is 97.4 Å². The first-order valence-electron chi connectivity index (χ1n) is 4.73. The van der Waals surface area contributed by atoms with Gasteiger partial charge in [-0.1, -0.05) is 11.6 Å². The summed E-state index contributed by atoms with van der Waals surface area (Å²) in [6, 6.07) is 2.65. The summed E-state index contributed by atoms with van der Waals surface area (Å²) < 4.78 is 0. The summed E-state index contributed by atoms with van der Waals surface area (Å²) in [7, 11) is 0. The number of aromatic nitrogens is 1. The second-order valence-corrected chi connectivity index (χ2v) is 3.71. The molecule has 0 radical (unpaired) electrons. The summed E-state index contributed by atoms with van der Waals surface area (Å²) in [6.07, 6.45) is 0.0106. The lowest BCUT2D eigenvalue weighted by molar-refractivity contribution is -0.384. The molecule has 16 heavy (non-hydrogen) atoms. The summed E-state index contributed by atoms with van der Waals surface area (Å²) in [5.41, 5.74) is -0.130. The number of nitrogens with one attached hydrogen (secondary N) is 1. The van der Waals surface area contributed by atoms with E-state index in [2.05, 4.69) is 10.3 Å². The first-order valence-corrected chi connectivity index (χ1v) is 5.11. The summed E-state index contributed by atoms with van der Waals surface area (Å²) in [4.78, 5) is 14.0. The number of nitrogens with zero attached hydrogens (tertiary/aromatic N) is 2. The lowest BCUT2D eigenvalue weighted by Crippen LogP contribution is -2.11. The van der Waals surface area contributed by atoms with Crippen molar-refractivity contribution >= 4 is 23.1 Å². The van der Waals surface area contributed by atoms with Gasteiger partial charge in [0.25, 0.3) is 0 Å². The predicted octanol–water partition coefficient (Wildman–Crippen LogP) is 1.83. The predicted molar refractivity (Wildman–Crippen MR) is 60.7 cm³/mol. The number of anilines is 1. The van der Waals surface area contributed by atoms with Crippen molar-refractivity contribution in [2.45, 2.75) is 19.4 Å². The fourth-order valence-electron chi connectivity index (χ4n) is 1.10. The molecule has 0 aliphatic heterocycles. The van der Waals surface area contributed by atoms with Crippen LogP contribution in [0.5, 0.6) is 0 Å². The molecule has 0 amide bonds. The van der Waals surface area contributed by atoms with Crippen molar-refractivity contribution in [2.24, 2.45) is 0 Å². The summed E-state index contributed by atoms with van der Waals surface area (Å²) in [6.45, 7) is 2.04. The van der Waals surface area contributed by atoms with Crippen LogP contribution < -0.4 is 5.32 Å². The van der Waals surface area contributed by atoms with Crippen molar-refractivity contribution < 1.29 is 10.0 Å². The van der Waals surface area contributed by atoms with E-state index < -0.39 is 11.0 Å². The van der Waals surface area contributed by atoms with E-state index in [9.17, 15) is 10.1 Å². The Bertz CT molecular complexity index is 384. The highest BCUT2D eigenvalue weighted by atomic mass is 35.5. The van der Waals surface area contributed by atoms with Crippen molar-refractivity contribution in [3.8, 4) is 0 Å². The molecule has 7 heteroatoms. The number of aliphatic hydroxyl groups excluding tert-OH is 1. The SMILES string of the molecule is CC(O)CCNc1nc(Cl)ccc1[N+](=O)[O-]. The van der Waals surface area contributed by atoms with Crippen LogP contribution in [0.25, 0.3) is 0 Å². The van der Waals surface area contributed by atoms with Gasteiger partial charge in [-0.2, -0.15) is 0 Å². The quantitative estimate of drug-likeness (QED) is 0.469. The largest absolute Gasteiger partial charge is 0.393 e. The number of pyridine rings is 1. The van der Waals surface area contributed by atoms with Gasteiger partial charge in [-0.3, -0.25) is 10.1 Å². The molecule has 0 aliphatic rings. The van der Waals surface area contributed by atoms with Crippen LogP contribution in [-0.4, -0.2) is 27.7 Å². The van der Waals surface area contributed by atoms with Crippen molar-refractivity contribution in [1.29, 1.82) is 0 Å². The smallest absolute Gasteiger partial charge is 0.311 e. The molecule has 2 N–H and O–H groups in total. The van der Waals surface area contributed by atoms with E-state index >= 15 is 0 Å². The normalized spacial score (nSPS) is 12.2. The maximum Gasteiger partial charge on any atom is 0.311 e. The second kappa shape index (κ2) is 5.62. The highest BCUT2D eigenvalue weighted by Gasteiger charge is 2.15. The van der Waals surface area contributed by atoms with Crippen molar-refractivity contribution in [3.63, 3.8) is 0 Å². The number of hydrogen-bond acceptors (Lipinski definition) is 5. The Balaban J connectivity index is 2.76. The molecule has 0 spiro atoms. The van der Waals surface area contributed by atoms with E-state index in [-0.39, 0.29) is 16.7 Å². The maximum atomic E-state index is 10.7. The average molecular weight is 246 g/mol. The van der Waals surface area contributed by atoms with Crippen LogP contribution in [-0.2, 0) is 0 Å². The Hall–Kier alpha value is -1.40. The molecule has 1 aromatic heterocycles. The summed E-state index contributed by atoms with van der Waals surface area (Å²) in [5.74, 6) is 0.123. The first kappa shape index (κ1) is 12.7. The lowest BCUT2D eigenvalue weighted by atomic mass is 10.3. The zero-order valence-electron chi connectivity index (χ0n) is 8.68. The molecule has 1 aromatic rings. The third-order valence-corrected chi connectivity index (χ3v) is 2.10. The molecule has 0 aliphatic carbocycles. The molecule has 0 bridgehead atoms. The van der Waals surface area contributed by atoms with Crippen molar-refractivity contribution in [1.82, 2.24) is 4.98 Å². The molecule has 0 saturated heterocycles. The fourth-order valence-corrected chi connectivity index (χ4v) is 1.25. The number of hydrogen-bond donors (Lipinski definition) is 2. The van der Waals surface area contributed by atoms with Gasteiger partial charge in [0.05, 0.1) is 11.0 Å². The van der Waals surface area contributed by atoms with Crippen LogP contribution in [0.3, 0.4) is 0 Å². The molecule has 88 valence electrons. The minimum Gasteiger partial charge on any atom is -0.393 e. The van der Waals surface area contributed by atoms with Crippen LogP contribution >= 0.6 is 11.6 Å². The van der Waals surface area contributed by atoms with Crippen LogP contribution in [0, 0.1) is 10.1 Å². The second-order valence-electron chi connectivity index (χ2n) is 3.32. The molecular weight excluding hydrogens is 234 g/mol. The number of aliphatic hydroxyl groups is 1. The zero-order chi connectivity index (χ0) is 12.1. The van der Waals surface area contributed by atoms with Crippen molar-refractivity contribution in [3.05, 3.63) is 27.4 Å². The van der Waals surface area contributed by atoms with E-state index in [4.69, 9.17) is 16.7 Å². The average Bonchev–Trinajstić information content (AvgIpc) is 2.16. The molecule has 0 aromatic carbocycles. The van der Waals surface area contributed by atoms with Gasteiger partial charge >= 0.3 is 5.69 Å². The fraction of sp³-hybridized carbons (Fsp3) is 0.444. The molecular formula is C9H12ClN3O3. The Morgan fingerprint density at radius 2 is 2.38 bits per heavy atom. The van der Waals surface area contributed by atoms with Gasteiger partial charge in [-0.05, 0) is 19.4 Å². The van der Waals surface area contributed by atoms with Crippen LogP contribution in [0.2, 0.25) is 5.15 Å². The van der Waals surface area contributed by atoms with Crippen LogP contribution in [0.15, 0.2) is 12.1 Å². The Morgan fingerprint density at radius 1 is 1.69 bits per heavy atom. The van der Waals surface area contributed by atoms with Gasteiger partial charge in [0.1, 0.15) is 5.15 Å². The monoisotopic (exact) mass is 245 g/mol. The van der Waals surface area contributed by atoms with E-state index in [1.165, 1.54) is 12.1 Å². The highest BCUT2D eigenvalue weighted by molar-refractivity contribution is 6.29. The van der Waals surface area contributed by atoms with E-state index in [1.54, 1.807) is 6.92 Å². The third kappa shape index (κ3) is 3.63. The molecule has 0 saturated carbocycles. The van der Waals surface area contributed by atoms with E-state index in [0.29, 0.717) is 13.0 Å². The van der Waals surface area contributed by atoms with Gasteiger partial charge in [0.15, 0.2) is 0 Å². The summed E-state index contributed by atoms with van der Waals surface area (Å²) in [5, 5.41) is 22.7. The lowest BCUT2D eigenvalue weighted by Gasteiger charge is -2.07. The van der Waals surface area contributed by atoms with Crippen LogP contribution in [0.4, 0.5) is 11.5 Å². The minimum absolute atomic E-state index is 0.123. The van der Waals surface area contributed by atoms with E-state index in [1.807, 2.05) is 0 Å². The van der Waals surface area contributed by atoms with E-state index in [0.717, 1.165) is 0 Å². The van der Waals surface area contributed by atoms with Crippen LogP contribution in [0.1, 0.15) is 13.3 Å². The molecule has 1 heterocycles. The molecule has 1 rings (SSSR count). The Morgan fingerprint density at radius 3 is 2.94 bits per heavy atom. The maximum absolute atomic E-state index is 10.7. The summed E-state index contributed by atoms with van der Waals surface area (Å²) >= 11 is 5.64. The van der Waals surface area contributed by atoms with Gasteiger partial charge in [0, 0.05) is 12.6 Å². The number of nitro groups is 1. The molecule has 1 atom stereocenters. The number of halogens is 1. The molecule has 0 fully saturated rings. The van der Waals surface area contributed by atoms with Gasteiger partial charge in [-0.25, -0.2) is 4.98 Å².